The summed E-state index contributed by atoms with van der Waals surface area (Å²) >= 11 is 0. The van der Waals surface area contributed by atoms with Crippen molar-refractivity contribution in [3.05, 3.63) is 35.9 Å². The Balaban J connectivity index is 0.00000364. The summed E-state index contributed by atoms with van der Waals surface area (Å²) in [5, 5.41) is 7.02. The van der Waals surface area contributed by atoms with Crippen LogP contribution in [0.2, 0.25) is 0 Å². The fraction of sp³-hybridized carbons (Fsp3) is 0.667. The van der Waals surface area contributed by atoms with E-state index in [4.69, 9.17) is 4.74 Å². The van der Waals surface area contributed by atoms with Crippen molar-refractivity contribution in [2.75, 3.05) is 39.8 Å². The summed E-state index contributed by atoms with van der Waals surface area (Å²) in [6, 6.07) is 10.8. The lowest BCUT2D eigenvalue weighted by molar-refractivity contribution is 0.0930. The van der Waals surface area contributed by atoms with Gasteiger partial charge in [-0.1, -0.05) is 44.2 Å². The van der Waals surface area contributed by atoms with Gasteiger partial charge in [-0.05, 0) is 37.3 Å². The Morgan fingerprint density at radius 3 is 2.59 bits per heavy atom. The van der Waals surface area contributed by atoms with Crippen molar-refractivity contribution in [2.24, 2.45) is 10.9 Å². The normalized spacial score (nSPS) is 17.2. The predicted octanol–water partition coefficient (Wildman–Crippen LogP) is 3.50. The maximum Gasteiger partial charge on any atom is 0.191 e. The lowest BCUT2D eigenvalue weighted by Crippen LogP contribution is -2.49. The first-order chi connectivity index (χ1) is 12.7. The molecule has 2 rings (SSSR count). The maximum absolute atomic E-state index is 5.83. The molecule has 1 aliphatic rings. The smallest absolute Gasteiger partial charge is 0.191 e. The number of piperidine rings is 1. The molecule has 1 atom stereocenters. The zero-order valence-electron chi connectivity index (χ0n) is 17.1. The standard InChI is InChI=1S/C21H36N4O.HI/c1-4-12-25-13-10-20(11-14-25)24-21(22-3)23-15-18(2)16-26-17-19-8-6-5-7-9-19;/h5-9,18,20H,4,10-17H2,1-3H3,(H2,22,23,24);1H. The molecule has 0 amide bonds. The topological polar surface area (TPSA) is 48.9 Å². The van der Waals surface area contributed by atoms with E-state index in [9.17, 15) is 0 Å². The van der Waals surface area contributed by atoms with Crippen LogP contribution in [-0.2, 0) is 11.3 Å². The van der Waals surface area contributed by atoms with E-state index in [-0.39, 0.29) is 24.0 Å². The van der Waals surface area contributed by atoms with Crippen molar-refractivity contribution in [1.29, 1.82) is 0 Å². The van der Waals surface area contributed by atoms with Crippen LogP contribution in [0.15, 0.2) is 35.3 Å². The Kier molecular flexibility index (Phi) is 12.7. The monoisotopic (exact) mass is 488 g/mol. The van der Waals surface area contributed by atoms with E-state index in [1.54, 1.807) is 0 Å². The van der Waals surface area contributed by atoms with E-state index >= 15 is 0 Å². The summed E-state index contributed by atoms with van der Waals surface area (Å²) in [5.41, 5.74) is 1.22. The number of aliphatic imine (C=N–C) groups is 1. The molecule has 0 bridgehead atoms. The second kappa shape index (κ2) is 14.2. The fourth-order valence-corrected chi connectivity index (χ4v) is 3.29. The van der Waals surface area contributed by atoms with Crippen molar-refractivity contribution in [1.82, 2.24) is 15.5 Å². The van der Waals surface area contributed by atoms with Gasteiger partial charge in [0.25, 0.3) is 0 Å². The van der Waals surface area contributed by atoms with Gasteiger partial charge in [-0.3, -0.25) is 4.99 Å². The first-order valence-electron chi connectivity index (χ1n) is 10.0. The van der Waals surface area contributed by atoms with Crippen molar-refractivity contribution < 1.29 is 4.74 Å². The average molecular weight is 488 g/mol. The maximum atomic E-state index is 5.83. The first kappa shape index (κ1) is 24.2. The van der Waals surface area contributed by atoms with E-state index in [1.807, 2.05) is 25.2 Å². The van der Waals surface area contributed by atoms with Crippen LogP contribution in [0.4, 0.5) is 0 Å². The van der Waals surface area contributed by atoms with Crippen molar-refractivity contribution in [3.63, 3.8) is 0 Å². The summed E-state index contributed by atoms with van der Waals surface area (Å²) in [7, 11) is 1.85. The van der Waals surface area contributed by atoms with Crippen LogP contribution < -0.4 is 10.6 Å². The lowest BCUT2D eigenvalue weighted by Gasteiger charge is -2.33. The van der Waals surface area contributed by atoms with Gasteiger partial charge in [0.15, 0.2) is 5.96 Å². The number of ether oxygens (including phenoxy) is 1. The van der Waals surface area contributed by atoms with Gasteiger partial charge in [0.05, 0.1) is 13.2 Å². The predicted molar refractivity (Wildman–Crippen MR) is 125 cm³/mol. The number of halogens is 1. The minimum Gasteiger partial charge on any atom is -0.376 e. The van der Waals surface area contributed by atoms with E-state index in [2.05, 4.69) is 46.5 Å². The molecule has 27 heavy (non-hydrogen) atoms. The van der Waals surface area contributed by atoms with Crippen LogP contribution in [0.3, 0.4) is 0 Å². The molecule has 1 unspecified atom stereocenters. The summed E-state index contributed by atoms with van der Waals surface area (Å²) < 4.78 is 5.83. The SMILES string of the molecule is CCCN1CCC(NC(=NC)NCC(C)COCc2ccccc2)CC1.I. The Morgan fingerprint density at radius 2 is 1.96 bits per heavy atom. The van der Waals surface area contributed by atoms with Crippen molar-refractivity contribution in [2.45, 2.75) is 45.8 Å². The molecule has 154 valence electrons. The minimum absolute atomic E-state index is 0. The zero-order chi connectivity index (χ0) is 18.6. The number of benzene rings is 1. The molecule has 2 N–H and O–H groups in total. The van der Waals surface area contributed by atoms with Crippen molar-refractivity contribution >= 4 is 29.9 Å². The second-order valence-electron chi connectivity index (χ2n) is 7.32. The van der Waals surface area contributed by atoms with E-state index < -0.39 is 0 Å². The molecule has 0 saturated carbocycles. The molecule has 1 aromatic carbocycles. The highest BCUT2D eigenvalue weighted by Gasteiger charge is 2.19. The van der Waals surface area contributed by atoms with Gasteiger partial charge in [-0.15, -0.1) is 24.0 Å². The number of nitrogens with one attached hydrogen (secondary N) is 2. The van der Waals surface area contributed by atoms with Gasteiger partial charge in [-0.25, -0.2) is 0 Å². The molecule has 0 radical (unpaired) electrons. The van der Waals surface area contributed by atoms with Crippen LogP contribution >= 0.6 is 24.0 Å². The van der Waals surface area contributed by atoms with Crippen LogP contribution in [0, 0.1) is 5.92 Å². The third kappa shape index (κ3) is 9.76. The molecule has 0 aliphatic carbocycles. The Hall–Kier alpha value is -0.860. The Morgan fingerprint density at radius 1 is 1.26 bits per heavy atom. The van der Waals surface area contributed by atoms with E-state index in [0.29, 0.717) is 18.6 Å². The van der Waals surface area contributed by atoms with Gasteiger partial charge in [0.1, 0.15) is 0 Å². The molecule has 5 nitrogen and oxygen atoms in total. The van der Waals surface area contributed by atoms with Gasteiger partial charge >= 0.3 is 0 Å². The Bertz CT molecular complexity index is 518. The molecule has 1 aromatic rings. The summed E-state index contributed by atoms with van der Waals surface area (Å²) in [5.74, 6) is 1.34. The largest absolute Gasteiger partial charge is 0.376 e. The lowest BCUT2D eigenvalue weighted by atomic mass is 10.1. The third-order valence-electron chi connectivity index (χ3n) is 4.82. The number of hydrogen-bond acceptors (Lipinski definition) is 3. The number of hydrogen-bond donors (Lipinski definition) is 2. The zero-order valence-corrected chi connectivity index (χ0v) is 19.4. The van der Waals surface area contributed by atoms with Crippen LogP contribution in [-0.4, -0.2) is 56.7 Å². The molecular formula is C21H37IN4O. The molecule has 0 aromatic heterocycles. The Labute approximate surface area is 182 Å². The highest BCUT2D eigenvalue weighted by Crippen LogP contribution is 2.10. The number of likely N-dealkylation sites (tertiary alicyclic amines) is 1. The minimum atomic E-state index is 0. The van der Waals surface area contributed by atoms with Gasteiger partial charge in [0, 0.05) is 32.7 Å². The average Bonchev–Trinajstić information content (AvgIpc) is 2.67. The molecule has 6 heteroatoms. The van der Waals surface area contributed by atoms with Crippen molar-refractivity contribution in [3.8, 4) is 0 Å². The van der Waals surface area contributed by atoms with Gasteiger partial charge in [-0.2, -0.15) is 0 Å². The number of nitrogens with zero attached hydrogens (tertiary/aromatic N) is 2. The van der Waals surface area contributed by atoms with E-state index in [1.165, 1.54) is 44.5 Å². The van der Waals surface area contributed by atoms with Gasteiger partial charge < -0.3 is 20.3 Å². The van der Waals surface area contributed by atoms with E-state index in [0.717, 1.165) is 19.1 Å². The fourth-order valence-electron chi connectivity index (χ4n) is 3.29. The first-order valence-corrected chi connectivity index (χ1v) is 10.0. The highest BCUT2D eigenvalue weighted by molar-refractivity contribution is 14.0. The molecule has 1 saturated heterocycles. The summed E-state index contributed by atoms with van der Waals surface area (Å²) in [4.78, 5) is 6.93. The molecular weight excluding hydrogens is 451 g/mol. The quantitative estimate of drug-likeness (QED) is 0.318. The molecule has 0 spiro atoms. The van der Waals surface area contributed by atoms with Gasteiger partial charge in [0.2, 0.25) is 0 Å². The summed E-state index contributed by atoms with van der Waals surface area (Å²) in [6.07, 6.45) is 3.62. The molecule has 1 fully saturated rings. The number of rotatable bonds is 9. The highest BCUT2D eigenvalue weighted by atomic mass is 127. The van der Waals surface area contributed by atoms with Crippen LogP contribution in [0.5, 0.6) is 0 Å². The van der Waals surface area contributed by atoms with Crippen LogP contribution in [0.25, 0.3) is 0 Å². The van der Waals surface area contributed by atoms with Crippen LogP contribution in [0.1, 0.15) is 38.7 Å². The number of guanidine groups is 1. The molecule has 1 aliphatic heterocycles. The third-order valence-corrected chi connectivity index (χ3v) is 4.82. The second-order valence-corrected chi connectivity index (χ2v) is 7.32. The molecule has 1 heterocycles. The summed E-state index contributed by atoms with van der Waals surface area (Å²) in [6.45, 7) is 10.3.